The summed E-state index contributed by atoms with van der Waals surface area (Å²) in [5.41, 5.74) is 7.21. The lowest BCUT2D eigenvalue weighted by atomic mass is 10.0. The fourth-order valence-electron chi connectivity index (χ4n) is 1.79. The molecule has 0 saturated heterocycles. The van der Waals surface area contributed by atoms with E-state index in [4.69, 9.17) is 5.73 Å². The molecule has 0 aliphatic carbocycles. The number of benzene rings is 1. The zero-order chi connectivity index (χ0) is 13.7. The molecule has 0 aliphatic heterocycles. The van der Waals surface area contributed by atoms with Crippen LogP contribution < -0.4 is 11.1 Å². The number of carbonyl (C=O) groups is 1. The van der Waals surface area contributed by atoms with Crippen LogP contribution in [0.2, 0.25) is 0 Å². The number of nitrogens with zero attached hydrogens (tertiary/aromatic N) is 1. The highest BCUT2D eigenvalue weighted by molar-refractivity contribution is 5.94. The summed E-state index contributed by atoms with van der Waals surface area (Å²) < 4.78 is 0. The predicted molar refractivity (Wildman–Crippen MR) is 75.8 cm³/mol. The van der Waals surface area contributed by atoms with Gasteiger partial charge in [0.15, 0.2) is 0 Å². The number of anilines is 1. The second kappa shape index (κ2) is 6.00. The number of nitrogens with one attached hydrogen (secondary N) is 1. The van der Waals surface area contributed by atoms with E-state index in [1.807, 2.05) is 18.2 Å². The minimum absolute atomic E-state index is 0.129. The molecule has 2 aromatic rings. The van der Waals surface area contributed by atoms with Crippen molar-refractivity contribution < 1.29 is 4.79 Å². The van der Waals surface area contributed by atoms with Gasteiger partial charge in [-0.25, -0.2) is 4.98 Å². The molecule has 0 bridgehead atoms. The number of hydrogen-bond donors (Lipinski definition) is 2. The standard InChI is InChI=1S/C15H17N3O/c1-11(12-5-3-2-4-6-12)9-18-15(19)13-7-8-14(16)17-10-13/h2-8,10-11H,9H2,1H3,(H2,16,17)(H,18,19). The van der Waals surface area contributed by atoms with E-state index in [-0.39, 0.29) is 11.8 Å². The summed E-state index contributed by atoms with van der Waals surface area (Å²) in [6.45, 7) is 2.67. The molecule has 1 unspecified atom stereocenters. The third kappa shape index (κ3) is 3.55. The van der Waals surface area contributed by atoms with Crippen LogP contribution in [0.25, 0.3) is 0 Å². The topological polar surface area (TPSA) is 68.0 Å². The van der Waals surface area contributed by atoms with Crippen LogP contribution in [0, 0.1) is 0 Å². The number of hydrogen-bond acceptors (Lipinski definition) is 3. The molecular formula is C15H17N3O. The average molecular weight is 255 g/mol. The van der Waals surface area contributed by atoms with Crippen LogP contribution in [-0.4, -0.2) is 17.4 Å². The van der Waals surface area contributed by atoms with Gasteiger partial charge in [-0.1, -0.05) is 37.3 Å². The highest BCUT2D eigenvalue weighted by Crippen LogP contribution is 2.13. The summed E-state index contributed by atoms with van der Waals surface area (Å²) in [7, 11) is 0. The highest BCUT2D eigenvalue weighted by Gasteiger charge is 2.09. The average Bonchev–Trinajstić information content (AvgIpc) is 2.46. The minimum atomic E-state index is -0.129. The summed E-state index contributed by atoms with van der Waals surface area (Å²) in [5, 5.41) is 2.90. The van der Waals surface area contributed by atoms with E-state index in [0.29, 0.717) is 17.9 Å². The number of amides is 1. The molecule has 3 N–H and O–H groups in total. The smallest absolute Gasteiger partial charge is 0.252 e. The van der Waals surface area contributed by atoms with Gasteiger partial charge in [-0.15, -0.1) is 0 Å². The lowest BCUT2D eigenvalue weighted by Gasteiger charge is -2.13. The number of nitrogens with two attached hydrogens (primary N) is 1. The van der Waals surface area contributed by atoms with E-state index in [0.717, 1.165) is 0 Å². The van der Waals surface area contributed by atoms with E-state index >= 15 is 0 Å². The van der Waals surface area contributed by atoms with Gasteiger partial charge in [0.2, 0.25) is 0 Å². The summed E-state index contributed by atoms with van der Waals surface area (Å²) in [5.74, 6) is 0.552. The van der Waals surface area contributed by atoms with Gasteiger partial charge in [0.05, 0.1) is 5.56 Å². The van der Waals surface area contributed by atoms with Gasteiger partial charge in [0, 0.05) is 12.7 Å². The molecule has 19 heavy (non-hydrogen) atoms. The number of aromatic nitrogens is 1. The summed E-state index contributed by atoms with van der Waals surface area (Å²) in [4.78, 5) is 15.8. The van der Waals surface area contributed by atoms with Crippen molar-refractivity contribution in [1.29, 1.82) is 0 Å². The summed E-state index contributed by atoms with van der Waals surface area (Å²) >= 11 is 0. The van der Waals surface area contributed by atoms with E-state index in [9.17, 15) is 4.79 Å². The first-order valence-corrected chi connectivity index (χ1v) is 6.21. The fraction of sp³-hybridized carbons (Fsp3) is 0.200. The van der Waals surface area contributed by atoms with Crippen molar-refractivity contribution in [2.75, 3.05) is 12.3 Å². The van der Waals surface area contributed by atoms with Crippen LogP contribution >= 0.6 is 0 Å². The molecule has 1 atom stereocenters. The number of nitrogen functional groups attached to an aromatic ring is 1. The van der Waals surface area contributed by atoms with Crippen LogP contribution in [0.15, 0.2) is 48.7 Å². The molecule has 0 saturated carbocycles. The maximum atomic E-state index is 11.9. The van der Waals surface area contributed by atoms with Crippen molar-refractivity contribution in [2.45, 2.75) is 12.8 Å². The van der Waals surface area contributed by atoms with E-state index in [2.05, 4.69) is 29.4 Å². The van der Waals surface area contributed by atoms with Gasteiger partial charge < -0.3 is 11.1 Å². The maximum absolute atomic E-state index is 11.9. The minimum Gasteiger partial charge on any atom is -0.384 e. The van der Waals surface area contributed by atoms with Gasteiger partial charge in [-0.2, -0.15) is 0 Å². The van der Waals surface area contributed by atoms with Gasteiger partial charge in [-0.3, -0.25) is 4.79 Å². The molecule has 1 aromatic carbocycles. The fourth-order valence-corrected chi connectivity index (χ4v) is 1.79. The normalized spacial score (nSPS) is 11.8. The molecule has 0 radical (unpaired) electrons. The zero-order valence-electron chi connectivity index (χ0n) is 10.8. The largest absolute Gasteiger partial charge is 0.384 e. The third-order valence-corrected chi connectivity index (χ3v) is 2.99. The predicted octanol–water partition coefficient (Wildman–Crippen LogP) is 2.20. The Kier molecular flexibility index (Phi) is 4.13. The van der Waals surface area contributed by atoms with Gasteiger partial charge in [0.1, 0.15) is 5.82 Å². The van der Waals surface area contributed by atoms with Gasteiger partial charge in [-0.05, 0) is 23.6 Å². The van der Waals surface area contributed by atoms with Crippen molar-refractivity contribution in [2.24, 2.45) is 0 Å². The van der Waals surface area contributed by atoms with Crippen molar-refractivity contribution in [3.63, 3.8) is 0 Å². The van der Waals surface area contributed by atoms with Crippen LogP contribution in [-0.2, 0) is 0 Å². The number of rotatable bonds is 4. The molecule has 1 aromatic heterocycles. The van der Waals surface area contributed by atoms with Crippen molar-refractivity contribution in [3.05, 3.63) is 59.8 Å². The lowest BCUT2D eigenvalue weighted by Crippen LogP contribution is -2.27. The van der Waals surface area contributed by atoms with Crippen LogP contribution in [0.4, 0.5) is 5.82 Å². The van der Waals surface area contributed by atoms with Crippen molar-refractivity contribution >= 4 is 11.7 Å². The molecular weight excluding hydrogens is 238 g/mol. The lowest BCUT2D eigenvalue weighted by molar-refractivity contribution is 0.0951. The SMILES string of the molecule is CC(CNC(=O)c1ccc(N)nc1)c1ccccc1. The Hall–Kier alpha value is -2.36. The zero-order valence-corrected chi connectivity index (χ0v) is 10.8. The Bertz CT molecular complexity index is 537. The molecule has 2 rings (SSSR count). The van der Waals surface area contributed by atoms with E-state index < -0.39 is 0 Å². The van der Waals surface area contributed by atoms with E-state index in [1.54, 1.807) is 12.1 Å². The Labute approximate surface area is 112 Å². The molecule has 1 amide bonds. The molecule has 4 heteroatoms. The monoisotopic (exact) mass is 255 g/mol. The first kappa shape index (κ1) is 13.1. The second-order valence-corrected chi connectivity index (χ2v) is 4.49. The first-order chi connectivity index (χ1) is 9.16. The number of pyridine rings is 1. The van der Waals surface area contributed by atoms with Crippen LogP contribution in [0.5, 0.6) is 0 Å². The molecule has 4 nitrogen and oxygen atoms in total. The summed E-state index contributed by atoms with van der Waals surface area (Å²) in [6, 6.07) is 13.4. The van der Waals surface area contributed by atoms with Gasteiger partial charge >= 0.3 is 0 Å². The molecule has 0 aliphatic rings. The van der Waals surface area contributed by atoms with Crippen LogP contribution in [0.3, 0.4) is 0 Å². The Morgan fingerprint density at radius 1 is 1.26 bits per heavy atom. The number of carbonyl (C=O) groups excluding carboxylic acids is 1. The Balaban J connectivity index is 1.92. The Morgan fingerprint density at radius 2 is 2.00 bits per heavy atom. The molecule has 0 spiro atoms. The van der Waals surface area contributed by atoms with Gasteiger partial charge in [0.25, 0.3) is 5.91 Å². The third-order valence-electron chi connectivity index (χ3n) is 2.99. The quantitative estimate of drug-likeness (QED) is 0.880. The van der Waals surface area contributed by atoms with Crippen molar-refractivity contribution in [3.8, 4) is 0 Å². The highest BCUT2D eigenvalue weighted by atomic mass is 16.1. The van der Waals surface area contributed by atoms with E-state index in [1.165, 1.54) is 11.8 Å². The van der Waals surface area contributed by atoms with Crippen molar-refractivity contribution in [1.82, 2.24) is 10.3 Å². The summed E-state index contributed by atoms with van der Waals surface area (Å²) in [6.07, 6.45) is 1.48. The maximum Gasteiger partial charge on any atom is 0.252 e. The molecule has 98 valence electrons. The molecule has 1 heterocycles. The van der Waals surface area contributed by atoms with Crippen LogP contribution in [0.1, 0.15) is 28.8 Å². The molecule has 0 fully saturated rings. The second-order valence-electron chi connectivity index (χ2n) is 4.49. The Morgan fingerprint density at radius 3 is 2.63 bits per heavy atom. The first-order valence-electron chi connectivity index (χ1n) is 6.21.